The number of nitrogens with one attached hydrogen (secondary N) is 2. The average molecular weight is 556 g/mol. The predicted molar refractivity (Wildman–Crippen MR) is 147 cm³/mol. The second kappa shape index (κ2) is 9.34. The molecule has 1 fully saturated rings. The van der Waals surface area contributed by atoms with Gasteiger partial charge in [-0.1, -0.05) is 30.2 Å². The lowest BCUT2D eigenvalue weighted by Gasteiger charge is -2.42. The van der Waals surface area contributed by atoms with Crippen LogP contribution >= 0.6 is 34.3 Å². The molecule has 0 unspecified atom stereocenters. The van der Waals surface area contributed by atoms with E-state index in [-0.39, 0.29) is 22.9 Å². The molecule has 2 aliphatic rings. The third-order valence-electron chi connectivity index (χ3n) is 7.48. The molecule has 1 aliphatic carbocycles. The van der Waals surface area contributed by atoms with E-state index in [1.807, 2.05) is 25.3 Å². The van der Waals surface area contributed by atoms with E-state index in [0.717, 1.165) is 24.5 Å². The van der Waals surface area contributed by atoms with E-state index >= 15 is 0 Å². The third kappa shape index (κ3) is 4.26. The maximum absolute atomic E-state index is 13.2. The fourth-order valence-electron chi connectivity index (χ4n) is 5.36. The van der Waals surface area contributed by atoms with Crippen LogP contribution in [0.5, 0.6) is 5.88 Å². The number of aryl methyl sites for hydroxylation is 1. The zero-order valence-electron chi connectivity index (χ0n) is 20.2. The molecule has 1 amide bonds. The molecule has 192 valence electrons. The number of carbonyl (C=O) groups is 1. The number of thiophene rings is 1. The topological polar surface area (TPSA) is 101 Å². The lowest BCUT2D eigenvalue weighted by molar-refractivity contribution is 0.0940. The summed E-state index contributed by atoms with van der Waals surface area (Å²) in [6, 6.07) is 10.8. The molecule has 0 radical (unpaired) electrons. The highest BCUT2D eigenvalue weighted by atomic mass is 35.5. The summed E-state index contributed by atoms with van der Waals surface area (Å²) < 4.78 is 3.40. The number of anilines is 1. The summed E-state index contributed by atoms with van der Waals surface area (Å²) in [5, 5.41) is 18.5. The number of aromatic hydroxyl groups is 1. The number of imidazole rings is 1. The van der Waals surface area contributed by atoms with E-state index in [1.54, 1.807) is 28.0 Å². The smallest absolute Gasteiger partial charge is 0.335 e. The quantitative estimate of drug-likeness (QED) is 0.290. The Balaban J connectivity index is 1.23. The monoisotopic (exact) mass is 555 g/mol. The Labute approximate surface area is 226 Å². The van der Waals surface area contributed by atoms with Crippen LogP contribution in [0, 0.1) is 6.92 Å². The number of thiazole rings is 1. The van der Waals surface area contributed by atoms with Crippen LogP contribution in [-0.4, -0.2) is 31.7 Å². The molecule has 0 saturated heterocycles. The summed E-state index contributed by atoms with van der Waals surface area (Å²) in [4.78, 5) is 32.0. The van der Waals surface area contributed by atoms with Gasteiger partial charge in [0.1, 0.15) is 5.69 Å². The second-order valence-corrected chi connectivity index (χ2v) is 12.7. The van der Waals surface area contributed by atoms with Crippen molar-refractivity contribution >= 4 is 45.3 Å². The van der Waals surface area contributed by atoms with E-state index in [2.05, 4.69) is 27.8 Å². The molecule has 4 aromatic rings. The molecule has 4 heterocycles. The minimum absolute atomic E-state index is 0.0354. The normalized spacial score (nSPS) is 17.8. The van der Waals surface area contributed by atoms with Crippen LogP contribution in [0.3, 0.4) is 0 Å². The summed E-state index contributed by atoms with van der Waals surface area (Å²) in [6.45, 7) is 3.28. The molecule has 0 spiro atoms. The first-order valence-electron chi connectivity index (χ1n) is 12.2. The Hall–Kier alpha value is -3.08. The number of amides is 1. The van der Waals surface area contributed by atoms with Crippen molar-refractivity contribution < 1.29 is 9.90 Å². The predicted octanol–water partition coefficient (Wildman–Crippen LogP) is 5.23. The Kier molecular flexibility index (Phi) is 6.13. The minimum atomic E-state index is -0.458. The van der Waals surface area contributed by atoms with Gasteiger partial charge in [0.25, 0.3) is 5.91 Å². The van der Waals surface area contributed by atoms with Crippen LogP contribution in [0.15, 0.2) is 47.4 Å². The van der Waals surface area contributed by atoms with Gasteiger partial charge in [0.05, 0.1) is 20.9 Å². The molecular formula is C26H26ClN5O3S2. The van der Waals surface area contributed by atoms with Crippen LogP contribution in [0.25, 0.3) is 5.69 Å². The summed E-state index contributed by atoms with van der Waals surface area (Å²) in [5.41, 5.74) is 1.97. The van der Waals surface area contributed by atoms with Crippen LogP contribution in [0.1, 0.15) is 57.5 Å². The van der Waals surface area contributed by atoms with Crippen molar-refractivity contribution in [3.63, 3.8) is 0 Å². The van der Waals surface area contributed by atoms with Crippen LogP contribution < -0.4 is 16.3 Å². The summed E-state index contributed by atoms with van der Waals surface area (Å²) in [6.07, 6.45) is 5.77. The van der Waals surface area contributed by atoms with E-state index in [9.17, 15) is 14.7 Å². The molecule has 37 heavy (non-hydrogen) atoms. The molecular weight excluding hydrogens is 530 g/mol. The van der Waals surface area contributed by atoms with Gasteiger partial charge in [-0.3, -0.25) is 9.36 Å². The van der Waals surface area contributed by atoms with Gasteiger partial charge < -0.3 is 15.7 Å². The van der Waals surface area contributed by atoms with Gasteiger partial charge in [-0.15, -0.1) is 22.7 Å². The number of nitrogens with zero attached hydrogens (tertiary/aromatic N) is 3. The van der Waals surface area contributed by atoms with E-state index < -0.39 is 6.04 Å². The van der Waals surface area contributed by atoms with Crippen molar-refractivity contribution in [1.29, 1.82) is 0 Å². The van der Waals surface area contributed by atoms with Crippen LogP contribution in [0.4, 0.5) is 5.13 Å². The molecule has 3 N–H and O–H groups in total. The van der Waals surface area contributed by atoms with Crippen molar-refractivity contribution in [1.82, 2.24) is 19.4 Å². The largest absolute Gasteiger partial charge is 0.493 e. The first-order valence-corrected chi connectivity index (χ1v) is 14.2. The van der Waals surface area contributed by atoms with Crippen molar-refractivity contribution in [3.8, 4) is 11.6 Å². The highest BCUT2D eigenvalue weighted by Crippen LogP contribution is 2.44. The number of hydrogen-bond donors (Lipinski definition) is 3. The second-order valence-electron chi connectivity index (χ2n) is 9.71. The minimum Gasteiger partial charge on any atom is -0.493 e. The molecule has 1 aromatic carbocycles. The first kappa shape index (κ1) is 24.3. The number of benzene rings is 1. The molecule has 11 heteroatoms. The van der Waals surface area contributed by atoms with Crippen molar-refractivity contribution in [3.05, 3.63) is 78.4 Å². The van der Waals surface area contributed by atoms with Gasteiger partial charge in [-0.2, -0.15) is 0 Å². The number of hydrogen-bond acceptors (Lipinski definition) is 7. The van der Waals surface area contributed by atoms with E-state index in [0.29, 0.717) is 33.6 Å². The van der Waals surface area contributed by atoms with E-state index in [4.69, 9.17) is 11.6 Å². The molecule has 6 rings (SSSR count). The van der Waals surface area contributed by atoms with Gasteiger partial charge in [-0.05, 0) is 56.0 Å². The number of fused-ring (bicyclic) bond motifs is 1. The Morgan fingerprint density at radius 2 is 2.00 bits per heavy atom. The molecule has 3 aromatic heterocycles. The Morgan fingerprint density at radius 3 is 2.62 bits per heavy atom. The fourth-order valence-corrected chi connectivity index (χ4v) is 6.97. The van der Waals surface area contributed by atoms with Gasteiger partial charge >= 0.3 is 5.69 Å². The average Bonchev–Trinajstić information content (AvgIpc) is 3.62. The van der Waals surface area contributed by atoms with Crippen molar-refractivity contribution in [2.75, 3.05) is 11.9 Å². The summed E-state index contributed by atoms with van der Waals surface area (Å²) in [5.74, 6) is -0.407. The van der Waals surface area contributed by atoms with E-state index in [1.165, 1.54) is 32.8 Å². The van der Waals surface area contributed by atoms with Gasteiger partial charge in [0.15, 0.2) is 5.13 Å². The number of halogens is 1. The zero-order valence-corrected chi connectivity index (χ0v) is 22.6. The Bertz CT molecular complexity index is 1530. The molecule has 8 nitrogen and oxygen atoms in total. The number of carbonyl (C=O) groups excluding carboxylic acids is 1. The Morgan fingerprint density at radius 1 is 1.22 bits per heavy atom. The van der Waals surface area contributed by atoms with Crippen LogP contribution in [0.2, 0.25) is 4.34 Å². The molecule has 1 aliphatic heterocycles. The maximum atomic E-state index is 13.2. The lowest BCUT2D eigenvalue weighted by Crippen LogP contribution is -2.41. The molecule has 1 saturated carbocycles. The SMILES string of the molecule is Cc1cnc(NCC2(c3ccc(-n4c(O)c5n(c4=O)CC[C@H]5NC(=O)c4ccc(Cl)s4)cc3)CCC2)s1. The molecule has 0 bridgehead atoms. The van der Waals surface area contributed by atoms with Gasteiger partial charge in [-0.25, -0.2) is 14.3 Å². The fraction of sp³-hybridized carbons (Fsp3) is 0.346. The maximum Gasteiger partial charge on any atom is 0.335 e. The summed E-state index contributed by atoms with van der Waals surface area (Å²) >= 11 is 8.81. The standard InChI is InChI=1S/C26H26ClN5O3S2/c1-15-13-28-24(36-15)29-14-26(10-2-11-26)16-3-5-17(6-4-16)32-23(34)21-18(9-12-31(21)25(32)35)30-22(33)19-7-8-20(27)37-19/h3-8,13,18,34H,2,9-12,14H2,1H3,(H,28,29)(H,30,33)/t18-/m1/s1. The zero-order chi connectivity index (χ0) is 25.7. The van der Waals surface area contributed by atoms with Crippen molar-refractivity contribution in [2.24, 2.45) is 0 Å². The van der Waals surface area contributed by atoms with Gasteiger partial charge in [0.2, 0.25) is 5.88 Å². The summed E-state index contributed by atoms with van der Waals surface area (Å²) in [7, 11) is 0. The number of aromatic nitrogens is 3. The highest BCUT2D eigenvalue weighted by Gasteiger charge is 2.39. The highest BCUT2D eigenvalue weighted by molar-refractivity contribution is 7.18. The van der Waals surface area contributed by atoms with Crippen molar-refractivity contribution in [2.45, 2.75) is 50.6 Å². The third-order valence-corrected chi connectivity index (χ3v) is 9.58. The number of rotatable bonds is 7. The van der Waals surface area contributed by atoms with Gasteiger partial charge in [0, 0.05) is 29.6 Å². The lowest BCUT2D eigenvalue weighted by atomic mass is 9.64. The molecule has 1 atom stereocenters. The first-order chi connectivity index (χ1) is 17.8. The van der Waals surface area contributed by atoms with Crippen LogP contribution in [-0.2, 0) is 12.0 Å².